The van der Waals surface area contributed by atoms with Gasteiger partial charge in [-0.25, -0.2) is 9.97 Å². The monoisotopic (exact) mass is 728 g/mol. The highest BCUT2D eigenvalue weighted by atomic mass is 14.9. The van der Waals surface area contributed by atoms with Crippen LogP contribution in [0.2, 0.25) is 0 Å². The van der Waals surface area contributed by atoms with Gasteiger partial charge < -0.3 is 0 Å². The first-order valence-corrected chi connectivity index (χ1v) is 18.9. The maximum absolute atomic E-state index is 5.50. The van der Waals surface area contributed by atoms with Gasteiger partial charge in [-0.15, -0.1) is 6.42 Å². The lowest BCUT2D eigenvalue weighted by Gasteiger charge is -2.15. The van der Waals surface area contributed by atoms with Gasteiger partial charge in [0.15, 0.2) is 5.82 Å². The Kier molecular flexibility index (Phi) is 9.55. The second-order valence-corrected chi connectivity index (χ2v) is 13.8. The number of rotatable bonds is 8. The number of aromatic nitrogens is 3. The molecule has 2 aromatic heterocycles. The van der Waals surface area contributed by atoms with E-state index >= 15 is 0 Å². The summed E-state index contributed by atoms with van der Waals surface area (Å²) in [6, 6.07) is 61.6. The van der Waals surface area contributed by atoms with Gasteiger partial charge >= 0.3 is 0 Å². The summed E-state index contributed by atoms with van der Waals surface area (Å²) in [5.74, 6) is 3.20. The van der Waals surface area contributed by atoms with Crippen molar-refractivity contribution in [2.24, 2.45) is 4.99 Å². The average Bonchev–Trinajstić information content (AvgIpc) is 3.29. The number of nitrogens with zero attached hydrogens (tertiary/aromatic N) is 4. The van der Waals surface area contributed by atoms with E-state index in [-0.39, 0.29) is 0 Å². The maximum atomic E-state index is 5.50. The summed E-state index contributed by atoms with van der Waals surface area (Å²) in [5, 5.41) is 4.76. The van der Waals surface area contributed by atoms with Crippen molar-refractivity contribution < 1.29 is 0 Å². The molecule has 0 amide bonds. The van der Waals surface area contributed by atoms with E-state index in [1.165, 1.54) is 21.5 Å². The van der Waals surface area contributed by atoms with Gasteiger partial charge in [0.1, 0.15) is 0 Å². The van der Waals surface area contributed by atoms with Crippen LogP contribution in [0.15, 0.2) is 199 Å². The summed E-state index contributed by atoms with van der Waals surface area (Å²) < 4.78 is 0. The summed E-state index contributed by atoms with van der Waals surface area (Å²) >= 11 is 0. The predicted octanol–water partition coefficient (Wildman–Crippen LogP) is 12.8. The van der Waals surface area contributed by atoms with Crippen molar-refractivity contribution in [3.63, 3.8) is 0 Å². The molecule has 9 rings (SSSR count). The van der Waals surface area contributed by atoms with E-state index in [9.17, 15) is 0 Å². The van der Waals surface area contributed by atoms with E-state index in [0.717, 1.165) is 72.9 Å². The van der Waals surface area contributed by atoms with Gasteiger partial charge in [0.05, 0.1) is 22.8 Å². The average molecular weight is 729 g/mol. The van der Waals surface area contributed by atoms with E-state index in [0.29, 0.717) is 5.82 Å². The second kappa shape index (κ2) is 15.5. The van der Waals surface area contributed by atoms with E-state index in [4.69, 9.17) is 16.4 Å². The SMILES string of the molecule is C#C/C=C\C(=NC)c1ccc(-c2cc(-c3ccc(-c4ccccn4)cc3)nc(-c3cc(-c4cccc5ccccc45)cc(-c4cccc5ccccc45)c3)n2)cc1. The molecule has 0 fully saturated rings. The first-order valence-electron chi connectivity index (χ1n) is 18.9. The minimum absolute atomic E-state index is 0.636. The van der Waals surface area contributed by atoms with Gasteiger partial charge in [0, 0.05) is 35.5 Å². The molecule has 0 spiro atoms. The minimum atomic E-state index is 0.636. The van der Waals surface area contributed by atoms with E-state index in [2.05, 4.69) is 174 Å². The summed E-state index contributed by atoms with van der Waals surface area (Å²) in [6.45, 7) is 0. The number of hydrogen-bond donors (Lipinski definition) is 0. The third-order valence-electron chi connectivity index (χ3n) is 10.3. The number of aliphatic imine (C=N–C) groups is 1. The van der Waals surface area contributed by atoms with Crippen LogP contribution in [0.1, 0.15) is 5.56 Å². The van der Waals surface area contributed by atoms with Crippen molar-refractivity contribution in [3.05, 3.63) is 200 Å². The molecule has 4 nitrogen and oxygen atoms in total. The highest BCUT2D eigenvalue weighted by Crippen LogP contribution is 2.38. The molecular formula is C53H36N4. The lowest BCUT2D eigenvalue weighted by Crippen LogP contribution is -1.99. The Labute approximate surface area is 332 Å². The van der Waals surface area contributed by atoms with Crippen molar-refractivity contribution in [1.29, 1.82) is 0 Å². The van der Waals surface area contributed by atoms with Gasteiger partial charge in [-0.1, -0.05) is 145 Å². The second-order valence-electron chi connectivity index (χ2n) is 13.8. The quantitative estimate of drug-likeness (QED) is 0.116. The molecule has 268 valence electrons. The van der Waals surface area contributed by atoms with Crippen molar-refractivity contribution in [1.82, 2.24) is 15.0 Å². The molecule has 0 unspecified atom stereocenters. The Morgan fingerprint density at radius 1 is 0.509 bits per heavy atom. The molecule has 0 aliphatic carbocycles. The van der Waals surface area contributed by atoms with Crippen LogP contribution in [0.25, 0.3) is 89.0 Å². The third-order valence-corrected chi connectivity index (χ3v) is 10.3. The fourth-order valence-electron chi connectivity index (χ4n) is 7.48. The molecule has 0 bridgehead atoms. The molecule has 0 saturated heterocycles. The Morgan fingerprint density at radius 3 is 1.56 bits per heavy atom. The Balaban J connectivity index is 1.25. The molecule has 0 saturated carbocycles. The van der Waals surface area contributed by atoms with Crippen LogP contribution in [0, 0.1) is 12.3 Å². The predicted molar refractivity (Wildman–Crippen MR) is 238 cm³/mol. The highest BCUT2D eigenvalue weighted by Gasteiger charge is 2.16. The zero-order valence-corrected chi connectivity index (χ0v) is 31.3. The van der Waals surface area contributed by atoms with Crippen LogP contribution in [-0.4, -0.2) is 27.7 Å². The largest absolute Gasteiger partial charge is 0.288 e. The molecular weight excluding hydrogens is 693 g/mol. The van der Waals surface area contributed by atoms with Gasteiger partial charge in [-0.2, -0.15) is 0 Å². The first-order chi connectivity index (χ1) is 28.1. The number of pyridine rings is 1. The minimum Gasteiger partial charge on any atom is -0.288 e. The Bertz CT molecular complexity index is 2900. The molecule has 2 heterocycles. The van der Waals surface area contributed by atoms with Crippen LogP contribution in [-0.2, 0) is 0 Å². The normalized spacial score (nSPS) is 11.6. The molecule has 7 aromatic carbocycles. The van der Waals surface area contributed by atoms with Crippen LogP contribution >= 0.6 is 0 Å². The van der Waals surface area contributed by atoms with Crippen molar-refractivity contribution in [2.45, 2.75) is 0 Å². The molecule has 9 aromatic rings. The van der Waals surface area contributed by atoms with Crippen molar-refractivity contribution >= 4 is 27.3 Å². The van der Waals surface area contributed by atoms with E-state index in [1.807, 2.05) is 30.5 Å². The topological polar surface area (TPSA) is 51.0 Å². The number of benzene rings is 7. The van der Waals surface area contributed by atoms with Gasteiger partial charge in [0.2, 0.25) is 0 Å². The zero-order chi connectivity index (χ0) is 38.6. The molecule has 57 heavy (non-hydrogen) atoms. The van der Waals surface area contributed by atoms with Crippen LogP contribution in [0.3, 0.4) is 0 Å². The first kappa shape index (κ1) is 35.0. The van der Waals surface area contributed by atoms with Crippen molar-refractivity contribution in [3.8, 4) is 79.8 Å². The summed E-state index contributed by atoms with van der Waals surface area (Å²) in [6.07, 6.45) is 10.8. The third kappa shape index (κ3) is 7.14. The van der Waals surface area contributed by atoms with E-state index in [1.54, 1.807) is 13.1 Å². The smallest absolute Gasteiger partial charge is 0.160 e. The fourth-order valence-corrected chi connectivity index (χ4v) is 7.48. The molecule has 0 N–H and O–H groups in total. The Morgan fingerprint density at radius 2 is 1.02 bits per heavy atom. The number of fused-ring (bicyclic) bond motifs is 2. The molecule has 0 aliphatic heterocycles. The standard InChI is InChI=1S/C53H36N4/c1-3-4-21-49(54-2)38-23-27-40(28-24-38)51-35-52(41-29-25-39(26-30-41)50-22-9-10-31-55-50)57-53(56-51)44-33-42(47-19-11-15-36-13-5-7-17-45(36)47)32-43(34-44)48-20-12-16-37-14-6-8-18-46(37)48/h1,4-35H,2H3/b21-4-,54-49?. The molecule has 0 radical (unpaired) electrons. The lowest BCUT2D eigenvalue weighted by atomic mass is 9.91. The molecule has 0 aliphatic rings. The number of allylic oxidation sites excluding steroid dienone is 2. The van der Waals surface area contributed by atoms with Gasteiger partial charge in [-0.3, -0.25) is 9.98 Å². The summed E-state index contributed by atoms with van der Waals surface area (Å²) in [4.78, 5) is 19.6. The molecule has 4 heteroatoms. The van der Waals surface area contributed by atoms with Gasteiger partial charge in [0.25, 0.3) is 0 Å². The highest BCUT2D eigenvalue weighted by molar-refractivity contribution is 6.09. The summed E-state index contributed by atoms with van der Waals surface area (Å²) in [5.41, 5.74) is 12.7. The Hall–Kier alpha value is -7.74. The van der Waals surface area contributed by atoms with Gasteiger partial charge in [-0.05, 0) is 97.9 Å². The van der Waals surface area contributed by atoms with Crippen LogP contribution in [0.5, 0.6) is 0 Å². The zero-order valence-electron chi connectivity index (χ0n) is 31.3. The number of hydrogen-bond acceptors (Lipinski definition) is 4. The van der Waals surface area contributed by atoms with Crippen LogP contribution < -0.4 is 0 Å². The summed E-state index contributed by atoms with van der Waals surface area (Å²) in [7, 11) is 1.77. The lowest BCUT2D eigenvalue weighted by molar-refractivity contribution is 1.18. The van der Waals surface area contributed by atoms with E-state index < -0.39 is 0 Å². The van der Waals surface area contributed by atoms with Crippen LogP contribution in [0.4, 0.5) is 0 Å². The molecule has 0 atom stereocenters. The maximum Gasteiger partial charge on any atom is 0.160 e. The fraction of sp³-hybridized carbons (Fsp3) is 0.0189. The van der Waals surface area contributed by atoms with Crippen molar-refractivity contribution in [2.75, 3.05) is 7.05 Å². The number of terminal acetylenes is 1.